The van der Waals surface area contributed by atoms with E-state index >= 15 is 0 Å². The number of aromatic nitrogens is 4. The van der Waals surface area contributed by atoms with Gasteiger partial charge in [-0.3, -0.25) is 0 Å². The van der Waals surface area contributed by atoms with Gasteiger partial charge in [0.15, 0.2) is 0 Å². The maximum Gasteiger partial charge on any atom is 0.137 e. The van der Waals surface area contributed by atoms with E-state index < -0.39 is 0 Å². The Hall–Kier alpha value is -2.56. The van der Waals surface area contributed by atoms with Gasteiger partial charge in [-0.05, 0) is 29.8 Å². The van der Waals surface area contributed by atoms with Gasteiger partial charge >= 0.3 is 0 Å². The number of hydrogen-bond donors (Lipinski definition) is 1. The van der Waals surface area contributed by atoms with E-state index in [0.717, 1.165) is 18.8 Å². The quantitative estimate of drug-likeness (QED) is 0.771. The smallest absolute Gasteiger partial charge is 0.137 e. The number of nitrogens with one attached hydrogen (secondary N) is 1. The summed E-state index contributed by atoms with van der Waals surface area (Å²) in [5.74, 6) is 0. The Kier molecular flexibility index (Phi) is 3.50. The SMILES string of the molecule is Cn1cccc1CNc1ccc(Cn2cncn2)cc1. The summed E-state index contributed by atoms with van der Waals surface area (Å²) < 4.78 is 3.93. The van der Waals surface area contributed by atoms with Gasteiger partial charge in [0, 0.05) is 24.6 Å². The Morgan fingerprint density at radius 2 is 2.00 bits per heavy atom. The van der Waals surface area contributed by atoms with E-state index in [1.807, 2.05) is 4.68 Å². The van der Waals surface area contributed by atoms with Crippen LogP contribution in [0, 0.1) is 0 Å². The lowest BCUT2D eigenvalue weighted by Gasteiger charge is -2.08. The summed E-state index contributed by atoms with van der Waals surface area (Å²) in [6.45, 7) is 1.57. The molecule has 0 aliphatic carbocycles. The molecule has 0 atom stereocenters. The van der Waals surface area contributed by atoms with Crippen molar-refractivity contribution in [3.8, 4) is 0 Å². The summed E-state index contributed by atoms with van der Waals surface area (Å²) in [6.07, 6.45) is 5.33. The van der Waals surface area contributed by atoms with Gasteiger partial charge in [-0.2, -0.15) is 5.10 Å². The summed E-state index contributed by atoms with van der Waals surface area (Å²) in [5.41, 5.74) is 3.59. The molecular formula is C15H17N5. The number of hydrogen-bond acceptors (Lipinski definition) is 3. The molecule has 2 aromatic heterocycles. The monoisotopic (exact) mass is 267 g/mol. The predicted molar refractivity (Wildman–Crippen MR) is 78.3 cm³/mol. The molecule has 5 heteroatoms. The molecule has 0 amide bonds. The summed E-state index contributed by atoms with van der Waals surface area (Å²) in [7, 11) is 2.05. The molecule has 0 fully saturated rings. The number of benzene rings is 1. The van der Waals surface area contributed by atoms with E-state index in [-0.39, 0.29) is 0 Å². The number of anilines is 1. The lowest BCUT2D eigenvalue weighted by molar-refractivity contribution is 0.685. The minimum Gasteiger partial charge on any atom is -0.379 e. The highest BCUT2D eigenvalue weighted by Gasteiger charge is 1.99. The first-order chi connectivity index (χ1) is 9.81. The second kappa shape index (κ2) is 5.61. The first kappa shape index (κ1) is 12.5. The van der Waals surface area contributed by atoms with Crippen molar-refractivity contribution in [1.82, 2.24) is 19.3 Å². The molecule has 102 valence electrons. The Morgan fingerprint density at radius 3 is 2.65 bits per heavy atom. The molecule has 3 rings (SSSR count). The van der Waals surface area contributed by atoms with Crippen LogP contribution in [0.3, 0.4) is 0 Å². The largest absolute Gasteiger partial charge is 0.379 e. The molecule has 0 aliphatic rings. The molecule has 1 aromatic carbocycles. The van der Waals surface area contributed by atoms with Crippen molar-refractivity contribution in [1.29, 1.82) is 0 Å². The van der Waals surface area contributed by atoms with Crippen LogP contribution in [0.25, 0.3) is 0 Å². The first-order valence-corrected chi connectivity index (χ1v) is 6.57. The van der Waals surface area contributed by atoms with Crippen LogP contribution in [0.5, 0.6) is 0 Å². The van der Waals surface area contributed by atoms with Crippen LogP contribution in [0.4, 0.5) is 5.69 Å². The fraction of sp³-hybridized carbons (Fsp3) is 0.200. The third kappa shape index (κ3) is 2.88. The van der Waals surface area contributed by atoms with E-state index in [1.165, 1.54) is 11.3 Å². The van der Waals surface area contributed by atoms with Crippen LogP contribution in [-0.2, 0) is 20.1 Å². The van der Waals surface area contributed by atoms with E-state index in [9.17, 15) is 0 Å². The zero-order valence-electron chi connectivity index (χ0n) is 11.4. The predicted octanol–water partition coefficient (Wildman–Crippen LogP) is 2.28. The average Bonchev–Trinajstić information content (AvgIpc) is 3.10. The van der Waals surface area contributed by atoms with Gasteiger partial charge < -0.3 is 9.88 Å². The molecule has 3 aromatic rings. The van der Waals surface area contributed by atoms with E-state index in [2.05, 4.69) is 69.6 Å². The topological polar surface area (TPSA) is 47.7 Å². The van der Waals surface area contributed by atoms with Gasteiger partial charge in [-0.25, -0.2) is 9.67 Å². The molecule has 0 aliphatic heterocycles. The van der Waals surface area contributed by atoms with Crippen molar-refractivity contribution in [2.45, 2.75) is 13.1 Å². The first-order valence-electron chi connectivity index (χ1n) is 6.57. The van der Waals surface area contributed by atoms with Gasteiger partial charge in [-0.15, -0.1) is 0 Å². The highest BCUT2D eigenvalue weighted by molar-refractivity contribution is 5.44. The second-order valence-corrected chi connectivity index (χ2v) is 4.75. The molecule has 0 unspecified atom stereocenters. The molecule has 2 heterocycles. The average molecular weight is 267 g/mol. The lowest BCUT2D eigenvalue weighted by Crippen LogP contribution is -2.04. The highest BCUT2D eigenvalue weighted by atomic mass is 15.3. The molecule has 0 saturated heterocycles. The maximum absolute atomic E-state index is 4.10. The third-order valence-electron chi connectivity index (χ3n) is 3.29. The Bertz CT molecular complexity index is 652. The second-order valence-electron chi connectivity index (χ2n) is 4.75. The Morgan fingerprint density at radius 1 is 1.15 bits per heavy atom. The molecule has 1 N–H and O–H groups in total. The molecule has 0 bridgehead atoms. The Balaban J connectivity index is 1.60. The van der Waals surface area contributed by atoms with Crippen LogP contribution in [0.15, 0.2) is 55.2 Å². The van der Waals surface area contributed by atoms with Crippen LogP contribution < -0.4 is 5.32 Å². The van der Waals surface area contributed by atoms with Crippen molar-refractivity contribution in [2.75, 3.05) is 5.32 Å². The number of nitrogens with zero attached hydrogens (tertiary/aromatic N) is 4. The zero-order chi connectivity index (χ0) is 13.8. The van der Waals surface area contributed by atoms with Gasteiger partial charge in [0.2, 0.25) is 0 Å². The van der Waals surface area contributed by atoms with Gasteiger partial charge in [0.1, 0.15) is 12.7 Å². The van der Waals surface area contributed by atoms with Crippen molar-refractivity contribution in [2.24, 2.45) is 7.05 Å². The normalized spacial score (nSPS) is 10.7. The summed E-state index contributed by atoms with van der Waals surface area (Å²) >= 11 is 0. The minimum atomic E-state index is 0.748. The van der Waals surface area contributed by atoms with E-state index in [1.54, 1.807) is 12.7 Å². The summed E-state index contributed by atoms with van der Waals surface area (Å²) in [4.78, 5) is 3.94. The van der Waals surface area contributed by atoms with Crippen molar-refractivity contribution >= 4 is 5.69 Å². The molecule has 0 saturated carbocycles. The van der Waals surface area contributed by atoms with E-state index in [0.29, 0.717) is 0 Å². The van der Waals surface area contributed by atoms with Crippen molar-refractivity contribution in [3.05, 3.63) is 66.5 Å². The van der Waals surface area contributed by atoms with Crippen molar-refractivity contribution in [3.63, 3.8) is 0 Å². The Labute approximate surface area is 117 Å². The fourth-order valence-electron chi connectivity index (χ4n) is 2.10. The lowest BCUT2D eigenvalue weighted by atomic mass is 10.2. The van der Waals surface area contributed by atoms with Crippen LogP contribution in [0.1, 0.15) is 11.3 Å². The summed E-state index contributed by atoms with van der Waals surface area (Å²) in [6, 6.07) is 12.6. The maximum atomic E-state index is 4.10. The fourth-order valence-corrected chi connectivity index (χ4v) is 2.10. The van der Waals surface area contributed by atoms with Gasteiger partial charge in [0.05, 0.1) is 13.1 Å². The molecule has 0 radical (unpaired) electrons. The molecule has 0 spiro atoms. The standard InChI is InChI=1S/C15H17N5/c1-19-8-2-3-15(19)9-17-14-6-4-13(5-7-14)10-20-12-16-11-18-20/h2-8,11-12,17H,9-10H2,1H3. The van der Waals surface area contributed by atoms with Crippen LogP contribution >= 0.6 is 0 Å². The number of rotatable bonds is 5. The van der Waals surface area contributed by atoms with E-state index in [4.69, 9.17) is 0 Å². The van der Waals surface area contributed by atoms with Crippen molar-refractivity contribution < 1.29 is 0 Å². The molecule has 20 heavy (non-hydrogen) atoms. The molecule has 5 nitrogen and oxygen atoms in total. The third-order valence-corrected chi connectivity index (χ3v) is 3.29. The number of aryl methyl sites for hydroxylation is 1. The minimum absolute atomic E-state index is 0.748. The van der Waals surface area contributed by atoms with Gasteiger partial charge in [-0.1, -0.05) is 12.1 Å². The summed E-state index contributed by atoms with van der Waals surface area (Å²) in [5, 5.41) is 7.52. The van der Waals surface area contributed by atoms with Crippen LogP contribution in [0.2, 0.25) is 0 Å². The van der Waals surface area contributed by atoms with Gasteiger partial charge in [0.25, 0.3) is 0 Å². The van der Waals surface area contributed by atoms with Crippen LogP contribution in [-0.4, -0.2) is 19.3 Å². The zero-order valence-corrected chi connectivity index (χ0v) is 11.4. The molecular weight excluding hydrogens is 250 g/mol. The highest BCUT2D eigenvalue weighted by Crippen LogP contribution is 2.12.